The molecule has 2 aliphatic carbocycles. The number of nitrogens with zero attached hydrogens (tertiary/aromatic N) is 10. The summed E-state index contributed by atoms with van der Waals surface area (Å²) in [5, 5.41) is 20.8. The maximum Gasteiger partial charge on any atom is 0.494 e. The van der Waals surface area contributed by atoms with E-state index >= 15 is 0 Å². The van der Waals surface area contributed by atoms with E-state index in [2.05, 4.69) is 67.0 Å². The third-order valence-corrected chi connectivity index (χ3v) is 15.4. The first-order valence-corrected chi connectivity index (χ1v) is 26.9. The normalized spacial score (nSPS) is 16.1. The van der Waals surface area contributed by atoms with Crippen molar-refractivity contribution in [1.82, 2.24) is 49.8 Å². The number of rotatable bonds is 16. The largest absolute Gasteiger partial charge is 0.494 e. The number of alkyl halides is 4. The molecule has 430 valence electrons. The number of aromatic nitrogens is 10. The molecule has 18 nitrogen and oxygen atoms in total. The molecule has 11 rings (SSSR count). The van der Waals surface area contributed by atoms with Gasteiger partial charge in [-0.2, -0.15) is 10.2 Å². The van der Waals surface area contributed by atoms with Gasteiger partial charge >= 0.3 is 7.12 Å². The van der Waals surface area contributed by atoms with Crippen molar-refractivity contribution in [1.29, 1.82) is 0 Å². The van der Waals surface area contributed by atoms with Crippen molar-refractivity contribution >= 4 is 52.0 Å². The lowest BCUT2D eigenvalue weighted by atomic mass is 9.78. The number of anilines is 2. The molecule has 0 spiro atoms. The minimum atomic E-state index is -2.56. The number of hydrogen-bond donors (Lipinski definition) is 2. The van der Waals surface area contributed by atoms with E-state index in [0.717, 1.165) is 33.7 Å². The molecule has 0 atom stereocenters. The van der Waals surface area contributed by atoms with E-state index in [1.54, 1.807) is 41.6 Å². The first-order chi connectivity index (χ1) is 38.8. The van der Waals surface area contributed by atoms with Crippen LogP contribution in [0.3, 0.4) is 0 Å². The number of nitrogens with one attached hydrogen (secondary N) is 2. The van der Waals surface area contributed by atoms with Gasteiger partial charge in [-0.1, -0.05) is 34.6 Å². The number of halogens is 7. The van der Waals surface area contributed by atoms with Gasteiger partial charge in [0, 0.05) is 92.9 Å². The van der Waals surface area contributed by atoms with E-state index in [1.807, 2.05) is 72.7 Å². The van der Waals surface area contributed by atoms with Crippen LogP contribution < -0.4 is 16.1 Å². The van der Waals surface area contributed by atoms with Crippen molar-refractivity contribution in [2.75, 3.05) is 10.6 Å². The fourth-order valence-corrected chi connectivity index (χ4v) is 9.19. The van der Waals surface area contributed by atoms with Crippen LogP contribution in [-0.2, 0) is 69.5 Å². The first-order valence-electron chi connectivity index (χ1n) is 26.1. The second-order valence-corrected chi connectivity index (χ2v) is 22.6. The van der Waals surface area contributed by atoms with Crippen LogP contribution in [0.25, 0.3) is 11.1 Å². The van der Waals surface area contributed by atoms with Gasteiger partial charge in [-0.25, -0.2) is 46.3 Å². The molecular formula is C56H58BBrF6N12O6. The van der Waals surface area contributed by atoms with Crippen molar-refractivity contribution in [2.24, 2.45) is 14.1 Å². The SMILES string of the molecule is CC1(C)OB(c2ccc(CC(=O)Nc3cc(C4(C(F)F)CC4)on3)c(F)c2)OC1(C)C.Cc1nn(C)cc1Cc1ncc(-c2ccc(CC(=O)Nc3cc(C4(C(F)F)CC4)on3)c(F)c2)cn1.Cc1nn(C)cc1Cc1ncc(Br)cn1. The van der Waals surface area contributed by atoms with Crippen molar-refractivity contribution in [3.8, 4) is 11.1 Å². The van der Waals surface area contributed by atoms with Gasteiger partial charge in [0.15, 0.2) is 23.2 Å². The van der Waals surface area contributed by atoms with E-state index < -0.39 is 65.5 Å². The zero-order valence-electron chi connectivity index (χ0n) is 46.0. The summed E-state index contributed by atoms with van der Waals surface area (Å²) in [5.41, 5.74) is 2.51. The quantitative estimate of drug-likeness (QED) is 0.0680. The molecule has 2 aromatic carbocycles. The van der Waals surface area contributed by atoms with E-state index in [0.29, 0.717) is 54.5 Å². The van der Waals surface area contributed by atoms with Crippen LogP contribution >= 0.6 is 15.9 Å². The Labute approximate surface area is 476 Å². The molecule has 2 saturated carbocycles. The van der Waals surface area contributed by atoms with Gasteiger partial charge < -0.3 is 29.0 Å². The molecule has 0 unspecified atom stereocenters. The van der Waals surface area contributed by atoms with Gasteiger partial charge in [0.25, 0.3) is 12.9 Å². The predicted molar refractivity (Wildman–Crippen MR) is 292 cm³/mol. The van der Waals surface area contributed by atoms with Crippen molar-refractivity contribution < 1.29 is 54.3 Å². The van der Waals surface area contributed by atoms with Crippen LogP contribution in [0.15, 0.2) is 99.2 Å². The number of carbonyl (C=O) groups excluding carboxylic acids is 2. The Balaban J connectivity index is 0.000000160. The Morgan fingerprint density at radius 1 is 0.622 bits per heavy atom. The summed E-state index contributed by atoms with van der Waals surface area (Å²) in [6.07, 6.45) is 7.58. The zero-order valence-corrected chi connectivity index (χ0v) is 47.6. The van der Waals surface area contributed by atoms with Gasteiger partial charge in [0.05, 0.1) is 50.7 Å². The Kier molecular flexibility index (Phi) is 17.1. The van der Waals surface area contributed by atoms with Crippen LogP contribution in [0.5, 0.6) is 0 Å². The predicted octanol–water partition coefficient (Wildman–Crippen LogP) is 9.84. The minimum Gasteiger partial charge on any atom is -0.399 e. The van der Waals surface area contributed by atoms with Crippen LogP contribution in [-0.4, -0.2) is 92.8 Å². The molecule has 3 fully saturated rings. The van der Waals surface area contributed by atoms with E-state index in [1.165, 1.54) is 42.0 Å². The number of benzene rings is 2. The summed E-state index contributed by atoms with van der Waals surface area (Å²) in [7, 11) is 3.06. The van der Waals surface area contributed by atoms with Gasteiger partial charge in [0.1, 0.15) is 23.3 Å². The number of hydrogen-bond acceptors (Lipinski definition) is 14. The molecule has 1 aliphatic heterocycles. The second kappa shape index (κ2) is 23.7. The highest BCUT2D eigenvalue weighted by Gasteiger charge is 2.57. The zero-order chi connectivity index (χ0) is 58.9. The standard InChI is InChI=1S/C25H23F3N6O2.C21H24BF3N2O4.C10H11BrN4/c1-14-17(13-34(2)32-14)8-21-29-11-18(12-30-21)15-3-4-16(19(26)7-15)9-23(35)31-22-10-20(36-33-22)25(5-6-25)24(27)28;1-19(2)20(3,4)31-22(30-19)13-6-5-12(14(23)10-13)9-17(28)26-16-11-15(29-27-16)21(7-8-21)18(24)25;1-7-8(6-15(2)14-7)3-10-12-4-9(11)5-13-10/h3-4,7,10-13,24H,5-6,8-9H2,1-2H3,(H,31,33,35);5-6,10-11,18H,7-9H2,1-4H3,(H,26,27,28);4-6H,3H2,1-2H3. The Hall–Kier alpha value is -7.58. The van der Waals surface area contributed by atoms with Gasteiger partial charge in [0.2, 0.25) is 11.8 Å². The summed E-state index contributed by atoms with van der Waals surface area (Å²) in [6.45, 7) is 11.5. The topological polar surface area (TPSA) is 216 Å². The fourth-order valence-electron chi connectivity index (χ4n) is 8.98. The molecule has 2 amide bonds. The minimum absolute atomic E-state index is 0.0256. The summed E-state index contributed by atoms with van der Waals surface area (Å²) in [4.78, 5) is 41.9. The highest BCUT2D eigenvalue weighted by Crippen LogP contribution is 2.54. The lowest BCUT2D eigenvalue weighted by molar-refractivity contribution is -0.116. The fraction of sp³-hybridized carbons (Fsp3) is 0.393. The lowest BCUT2D eigenvalue weighted by Crippen LogP contribution is -2.41. The molecule has 3 aliphatic rings. The third kappa shape index (κ3) is 13.5. The molecule has 6 aromatic heterocycles. The molecule has 7 heterocycles. The van der Waals surface area contributed by atoms with Gasteiger partial charge in [-0.3, -0.25) is 19.0 Å². The smallest absolute Gasteiger partial charge is 0.399 e. The van der Waals surface area contributed by atoms with E-state index in [9.17, 15) is 35.9 Å². The molecule has 1 saturated heterocycles. The summed E-state index contributed by atoms with van der Waals surface area (Å²) in [5.74, 6) is -0.617. The molecule has 2 N–H and O–H groups in total. The maximum atomic E-state index is 14.8. The molecule has 8 aromatic rings. The molecule has 82 heavy (non-hydrogen) atoms. The number of amides is 2. The van der Waals surface area contributed by atoms with Crippen molar-refractivity contribution in [3.63, 3.8) is 0 Å². The Bertz CT molecular complexity index is 3570. The van der Waals surface area contributed by atoms with Crippen LogP contribution in [0.2, 0.25) is 0 Å². The summed E-state index contributed by atoms with van der Waals surface area (Å²) >= 11 is 3.31. The van der Waals surface area contributed by atoms with Crippen LogP contribution in [0, 0.1) is 25.5 Å². The number of aryl methyl sites for hydroxylation is 4. The maximum absolute atomic E-state index is 14.8. The van der Waals surface area contributed by atoms with Crippen molar-refractivity contribution in [2.45, 2.75) is 128 Å². The Morgan fingerprint density at radius 2 is 1.05 bits per heavy atom. The molecule has 26 heteroatoms. The van der Waals surface area contributed by atoms with Crippen molar-refractivity contribution in [3.05, 3.63) is 159 Å². The first kappa shape index (κ1) is 59.1. The average Bonchev–Trinajstić information content (AvgIpc) is 2.92. The highest BCUT2D eigenvalue weighted by atomic mass is 79.9. The van der Waals surface area contributed by atoms with Crippen LogP contribution in [0.1, 0.15) is 110 Å². The average molecular weight is 1200 g/mol. The summed E-state index contributed by atoms with van der Waals surface area (Å²) in [6, 6.07) is 11.6. The van der Waals surface area contributed by atoms with Crippen LogP contribution in [0.4, 0.5) is 38.0 Å². The van der Waals surface area contributed by atoms with E-state index in [-0.39, 0.29) is 47.1 Å². The second-order valence-electron chi connectivity index (χ2n) is 21.6. The third-order valence-electron chi connectivity index (χ3n) is 14.9. The molecular weight excluding hydrogens is 1140 g/mol. The molecule has 0 radical (unpaired) electrons. The molecule has 0 bridgehead atoms. The van der Waals surface area contributed by atoms with Gasteiger partial charge in [-0.05, 0) is 117 Å². The Morgan fingerprint density at radius 3 is 1.44 bits per heavy atom. The van der Waals surface area contributed by atoms with Gasteiger partial charge in [-0.15, -0.1) is 0 Å². The van der Waals surface area contributed by atoms with E-state index in [4.69, 9.17) is 18.4 Å². The number of carbonyl (C=O) groups is 2. The highest BCUT2D eigenvalue weighted by molar-refractivity contribution is 9.10. The monoisotopic (exact) mass is 1200 g/mol. The summed E-state index contributed by atoms with van der Waals surface area (Å²) < 4.78 is 108. The lowest BCUT2D eigenvalue weighted by Gasteiger charge is -2.32.